The summed E-state index contributed by atoms with van der Waals surface area (Å²) in [7, 11) is 0. The van der Waals surface area contributed by atoms with Crippen LogP contribution in [0.5, 0.6) is 0 Å². The van der Waals surface area contributed by atoms with Crippen LogP contribution >= 0.6 is 23.4 Å². The van der Waals surface area contributed by atoms with Crippen molar-refractivity contribution < 1.29 is 0 Å². The summed E-state index contributed by atoms with van der Waals surface area (Å²) in [4.78, 5) is 17.6. The number of fused-ring (bicyclic) bond motifs is 1. The molecular weight excluding hydrogens is 368 g/mol. The third-order valence-electron chi connectivity index (χ3n) is 3.99. The molecule has 1 N–H and O–H groups in total. The summed E-state index contributed by atoms with van der Waals surface area (Å²) in [5, 5.41) is 8.54. The van der Waals surface area contributed by atoms with Crippen LogP contribution in [0.15, 0.2) is 64.7 Å². The van der Waals surface area contributed by atoms with Gasteiger partial charge in [-0.15, -0.1) is 0 Å². The molecule has 4 aromatic rings. The van der Waals surface area contributed by atoms with Crippen molar-refractivity contribution >= 4 is 34.4 Å². The molecule has 0 aliphatic heterocycles. The molecule has 4 rings (SSSR count). The topological polar surface area (TPSA) is 63.6 Å². The highest BCUT2D eigenvalue weighted by molar-refractivity contribution is 7.98. The summed E-state index contributed by atoms with van der Waals surface area (Å²) in [5.41, 5.74) is 3.35. The maximum Gasteiger partial charge on any atom is 0.269 e. The third-order valence-corrected chi connectivity index (χ3v) is 5.25. The van der Waals surface area contributed by atoms with Gasteiger partial charge in [-0.1, -0.05) is 47.6 Å². The zero-order valence-electron chi connectivity index (χ0n) is 13.9. The van der Waals surface area contributed by atoms with Crippen molar-refractivity contribution in [2.45, 2.75) is 17.8 Å². The number of nitrogens with one attached hydrogen (secondary N) is 1. The van der Waals surface area contributed by atoms with E-state index in [9.17, 15) is 4.79 Å². The Balaban J connectivity index is 1.80. The minimum Gasteiger partial charge on any atom is -0.268 e. The van der Waals surface area contributed by atoms with E-state index in [1.807, 2.05) is 55.5 Å². The van der Waals surface area contributed by atoms with Crippen molar-refractivity contribution in [3.63, 3.8) is 0 Å². The molecule has 0 radical (unpaired) electrons. The van der Waals surface area contributed by atoms with Gasteiger partial charge in [-0.25, -0.2) is 4.98 Å². The van der Waals surface area contributed by atoms with Crippen LogP contribution in [0.1, 0.15) is 11.1 Å². The number of hydrogen-bond donors (Lipinski definition) is 1. The van der Waals surface area contributed by atoms with Crippen molar-refractivity contribution in [1.82, 2.24) is 19.7 Å². The van der Waals surface area contributed by atoms with Gasteiger partial charge in [0.15, 0.2) is 10.8 Å². The number of nitrogens with zero attached hydrogens (tertiary/aromatic N) is 3. The highest BCUT2D eigenvalue weighted by Gasteiger charge is 2.15. The van der Waals surface area contributed by atoms with Gasteiger partial charge in [-0.05, 0) is 42.3 Å². The van der Waals surface area contributed by atoms with Crippen molar-refractivity contribution in [3.05, 3.63) is 81.2 Å². The fourth-order valence-electron chi connectivity index (χ4n) is 2.69. The Morgan fingerprint density at radius 3 is 2.77 bits per heavy atom. The Hall–Kier alpha value is -2.57. The van der Waals surface area contributed by atoms with Gasteiger partial charge in [0.1, 0.15) is 5.39 Å². The smallest absolute Gasteiger partial charge is 0.268 e. The number of thioether (sulfide) groups is 1. The zero-order chi connectivity index (χ0) is 18.1. The number of hydrogen-bond acceptors (Lipinski definition) is 4. The molecule has 7 heteroatoms. The number of aromatic nitrogens is 4. The Morgan fingerprint density at radius 2 is 2.00 bits per heavy atom. The van der Waals surface area contributed by atoms with Crippen molar-refractivity contribution in [1.29, 1.82) is 0 Å². The molecule has 0 atom stereocenters. The summed E-state index contributed by atoms with van der Waals surface area (Å²) in [6.07, 6.45) is 1.52. The van der Waals surface area contributed by atoms with Crippen LogP contribution in [0.4, 0.5) is 0 Å². The standard InChI is InChI=1S/C19H15ClN4OS/c1-12-3-2-4-15(9-12)24-18(25)16-10-21-23-17(16)22-19(24)26-11-13-5-7-14(20)8-6-13/h2-10H,11H2,1H3,(H,21,23). The molecule has 0 aliphatic rings. The van der Waals surface area contributed by atoms with Gasteiger partial charge in [0.25, 0.3) is 5.56 Å². The number of benzene rings is 2. The van der Waals surface area contributed by atoms with E-state index in [0.29, 0.717) is 27.0 Å². The highest BCUT2D eigenvalue weighted by atomic mass is 35.5. The maximum atomic E-state index is 13.0. The number of halogens is 1. The van der Waals surface area contributed by atoms with Gasteiger partial charge < -0.3 is 0 Å². The average Bonchev–Trinajstić information content (AvgIpc) is 3.10. The first-order valence-corrected chi connectivity index (χ1v) is 9.38. The van der Waals surface area contributed by atoms with Gasteiger partial charge in [0.2, 0.25) is 0 Å². The van der Waals surface area contributed by atoms with Crippen LogP contribution in [0.25, 0.3) is 16.7 Å². The molecule has 2 aromatic heterocycles. The van der Waals surface area contributed by atoms with Gasteiger partial charge >= 0.3 is 0 Å². The van der Waals surface area contributed by atoms with Crippen LogP contribution in [0.2, 0.25) is 5.02 Å². The Morgan fingerprint density at radius 1 is 1.19 bits per heavy atom. The number of aryl methyl sites for hydroxylation is 1. The molecule has 0 saturated heterocycles. The monoisotopic (exact) mass is 382 g/mol. The van der Waals surface area contributed by atoms with Crippen LogP contribution < -0.4 is 5.56 Å². The summed E-state index contributed by atoms with van der Waals surface area (Å²) in [6.45, 7) is 2.00. The van der Waals surface area contributed by atoms with E-state index >= 15 is 0 Å². The second-order valence-electron chi connectivity index (χ2n) is 5.92. The molecule has 0 saturated carbocycles. The summed E-state index contributed by atoms with van der Waals surface area (Å²) in [6, 6.07) is 15.5. The van der Waals surface area contributed by atoms with E-state index in [4.69, 9.17) is 11.6 Å². The molecule has 0 amide bonds. The summed E-state index contributed by atoms with van der Waals surface area (Å²) < 4.78 is 1.64. The second kappa shape index (κ2) is 6.97. The lowest BCUT2D eigenvalue weighted by atomic mass is 10.2. The molecule has 0 spiro atoms. The van der Waals surface area contributed by atoms with Gasteiger partial charge in [0, 0.05) is 10.8 Å². The molecule has 26 heavy (non-hydrogen) atoms. The predicted octanol–water partition coefficient (Wildman–Crippen LogP) is 4.36. The largest absolute Gasteiger partial charge is 0.269 e. The van der Waals surface area contributed by atoms with E-state index in [1.165, 1.54) is 18.0 Å². The van der Waals surface area contributed by atoms with Crippen molar-refractivity contribution in [3.8, 4) is 5.69 Å². The normalized spacial score (nSPS) is 11.2. The average molecular weight is 383 g/mol. The summed E-state index contributed by atoms with van der Waals surface area (Å²) >= 11 is 7.45. The Labute approximate surface area is 159 Å². The van der Waals surface area contributed by atoms with Crippen LogP contribution in [0, 0.1) is 6.92 Å². The third kappa shape index (κ3) is 3.25. The lowest BCUT2D eigenvalue weighted by Crippen LogP contribution is -2.21. The molecular formula is C19H15ClN4OS. The first kappa shape index (κ1) is 16.9. The number of rotatable bonds is 4. The summed E-state index contributed by atoms with van der Waals surface area (Å²) in [5.74, 6) is 0.676. The van der Waals surface area contributed by atoms with Crippen molar-refractivity contribution in [2.24, 2.45) is 0 Å². The lowest BCUT2D eigenvalue weighted by Gasteiger charge is -2.12. The SMILES string of the molecule is Cc1cccc(-n2c(SCc3ccc(Cl)cc3)nc3[nH]ncc3c2=O)c1. The van der Waals surface area contributed by atoms with E-state index in [2.05, 4.69) is 15.2 Å². The van der Waals surface area contributed by atoms with Crippen LogP contribution in [-0.4, -0.2) is 19.7 Å². The van der Waals surface area contributed by atoms with E-state index in [-0.39, 0.29) is 5.56 Å². The molecule has 2 heterocycles. The molecule has 0 unspecified atom stereocenters. The lowest BCUT2D eigenvalue weighted by molar-refractivity contribution is 0.815. The first-order chi connectivity index (χ1) is 12.6. The zero-order valence-corrected chi connectivity index (χ0v) is 15.5. The minimum absolute atomic E-state index is 0.132. The first-order valence-electron chi connectivity index (χ1n) is 8.02. The van der Waals surface area contributed by atoms with Crippen LogP contribution in [0.3, 0.4) is 0 Å². The van der Waals surface area contributed by atoms with Gasteiger partial charge in [0.05, 0.1) is 11.9 Å². The van der Waals surface area contributed by atoms with Crippen molar-refractivity contribution in [2.75, 3.05) is 0 Å². The van der Waals surface area contributed by atoms with E-state index < -0.39 is 0 Å². The molecule has 2 aromatic carbocycles. The van der Waals surface area contributed by atoms with Gasteiger partial charge in [-0.2, -0.15) is 5.10 Å². The van der Waals surface area contributed by atoms with E-state index in [1.54, 1.807) is 4.57 Å². The highest BCUT2D eigenvalue weighted by Crippen LogP contribution is 2.25. The number of aromatic amines is 1. The minimum atomic E-state index is -0.132. The molecule has 0 bridgehead atoms. The van der Waals surface area contributed by atoms with Gasteiger partial charge in [-0.3, -0.25) is 14.5 Å². The molecule has 5 nitrogen and oxygen atoms in total. The van der Waals surface area contributed by atoms with Crippen LogP contribution in [-0.2, 0) is 5.75 Å². The fraction of sp³-hybridized carbons (Fsp3) is 0.105. The molecule has 0 fully saturated rings. The predicted molar refractivity (Wildman–Crippen MR) is 105 cm³/mol. The molecule has 0 aliphatic carbocycles. The Bertz CT molecular complexity index is 1130. The van der Waals surface area contributed by atoms with E-state index in [0.717, 1.165) is 16.8 Å². The second-order valence-corrected chi connectivity index (χ2v) is 7.30. The Kier molecular flexibility index (Phi) is 4.53. The fourth-order valence-corrected chi connectivity index (χ4v) is 3.78. The maximum absolute atomic E-state index is 13.0. The quantitative estimate of drug-likeness (QED) is 0.420. The molecule has 130 valence electrons. The number of H-pyrrole nitrogens is 1.